The molecule has 0 atom stereocenters. The van der Waals surface area contributed by atoms with Gasteiger partial charge in [-0.05, 0) is 42.4 Å². The van der Waals surface area contributed by atoms with Crippen molar-refractivity contribution in [3.8, 4) is 11.5 Å². The lowest BCUT2D eigenvalue weighted by atomic mass is 10.0. The molecule has 11 heteroatoms. The Hall–Kier alpha value is -4.77. The number of amides is 1. The third kappa shape index (κ3) is 6.07. The third-order valence-electron chi connectivity index (χ3n) is 7.70. The zero-order valence-electron chi connectivity index (χ0n) is 24.3. The number of carbonyl (C=O) groups excluding carboxylic acids is 2. The molecule has 0 spiro atoms. The topological polar surface area (TPSA) is 99.8 Å². The molecule has 1 aliphatic heterocycles. The van der Waals surface area contributed by atoms with E-state index < -0.39 is 23.0 Å². The molecule has 224 valence electrons. The lowest BCUT2D eigenvalue weighted by Crippen LogP contribution is -2.46. The van der Waals surface area contributed by atoms with Crippen molar-refractivity contribution in [2.24, 2.45) is 0 Å². The Labute approximate surface area is 248 Å². The monoisotopic (exact) mass is 589 g/mol. The van der Waals surface area contributed by atoms with E-state index >= 15 is 0 Å². The largest absolute Gasteiger partial charge is 0.494 e. The van der Waals surface area contributed by atoms with E-state index in [1.165, 1.54) is 26.4 Å². The van der Waals surface area contributed by atoms with E-state index in [4.69, 9.17) is 9.47 Å². The smallest absolute Gasteiger partial charge is 0.247 e. The number of benzene rings is 2. The molecule has 1 saturated heterocycles. The van der Waals surface area contributed by atoms with Crippen LogP contribution in [0.25, 0.3) is 10.9 Å². The third-order valence-corrected chi connectivity index (χ3v) is 7.70. The summed E-state index contributed by atoms with van der Waals surface area (Å²) in [6.45, 7) is 10.5. The number of fused-ring (bicyclic) bond motifs is 1. The van der Waals surface area contributed by atoms with Gasteiger partial charge in [0, 0.05) is 61.1 Å². The van der Waals surface area contributed by atoms with Gasteiger partial charge in [-0.3, -0.25) is 14.6 Å². The molecule has 5 rings (SSSR count). The Morgan fingerprint density at radius 1 is 1.05 bits per heavy atom. The summed E-state index contributed by atoms with van der Waals surface area (Å²) in [5, 5.41) is 3.55. The van der Waals surface area contributed by atoms with E-state index in [1.54, 1.807) is 12.3 Å². The molecule has 1 amide bonds. The van der Waals surface area contributed by atoms with Crippen molar-refractivity contribution in [1.82, 2.24) is 14.9 Å². The van der Waals surface area contributed by atoms with Gasteiger partial charge in [0.15, 0.2) is 23.1 Å². The number of aromatic nitrogens is 2. The van der Waals surface area contributed by atoms with Gasteiger partial charge in [-0.2, -0.15) is 0 Å². The number of hydrogen-bond donors (Lipinski definition) is 2. The average molecular weight is 590 g/mol. The summed E-state index contributed by atoms with van der Waals surface area (Å²) in [7, 11) is 2.44. The Balaban J connectivity index is 1.43. The van der Waals surface area contributed by atoms with Gasteiger partial charge >= 0.3 is 0 Å². The molecule has 0 bridgehead atoms. The van der Waals surface area contributed by atoms with Crippen LogP contribution < -0.4 is 19.7 Å². The maximum absolute atomic E-state index is 15.0. The predicted octanol–water partition coefficient (Wildman–Crippen LogP) is 4.95. The SMILES string of the molecule is C=CC(=O)Nc1cc(N2CCN(CC)CC2)ccc1Cc1cc2cc(C(=O)c3c(F)c(OC)cc(OC)c3F)[nH]c2cn1. The van der Waals surface area contributed by atoms with Gasteiger partial charge in [0.05, 0.1) is 31.6 Å². The molecule has 2 aromatic carbocycles. The lowest BCUT2D eigenvalue weighted by molar-refractivity contribution is -0.111. The van der Waals surface area contributed by atoms with Gasteiger partial charge in [0.1, 0.15) is 5.56 Å². The quantitative estimate of drug-likeness (QED) is 0.200. The number of nitrogens with one attached hydrogen (secondary N) is 2. The Morgan fingerprint density at radius 3 is 2.37 bits per heavy atom. The molecule has 1 aliphatic rings. The van der Waals surface area contributed by atoms with Crippen molar-refractivity contribution in [3.63, 3.8) is 0 Å². The van der Waals surface area contributed by atoms with Crippen LogP contribution in [-0.2, 0) is 11.2 Å². The number of H-pyrrole nitrogens is 1. The highest BCUT2D eigenvalue weighted by Crippen LogP contribution is 2.33. The molecule has 0 saturated carbocycles. The molecule has 4 aromatic rings. The summed E-state index contributed by atoms with van der Waals surface area (Å²) < 4.78 is 39.9. The fourth-order valence-corrected chi connectivity index (χ4v) is 5.25. The molecule has 9 nitrogen and oxygen atoms in total. The van der Waals surface area contributed by atoms with Crippen LogP contribution >= 0.6 is 0 Å². The number of hydrogen-bond acceptors (Lipinski definition) is 7. The van der Waals surface area contributed by atoms with Crippen molar-refractivity contribution in [2.75, 3.05) is 57.2 Å². The first-order chi connectivity index (χ1) is 20.8. The summed E-state index contributed by atoms with van der Waals surface area (Å²) >= 11 is 0. The number of likely N-dealkylation sites (N-methyl/N-ethyl adjacent to an activating group) is 1. The van der Waals surface area contributed by atoms with Crippen LogP contribution in [0.15, 0.2) is 55.3 Å². The molecule has 0 aliphatic carbocycles. The first kappa shape index (κ1) is 29.7. The van der Waals surface area contributed by atoms with Gasteiger partial charge in [0.2, 0.25) is 11.7 Å². The van der Waals surface area contributed by atoms with E-state index in [1.807, 2.05) is 18.2 Å². The Bertz CT molecular complexity index is 1670. The number of aromatic amines is 1. The Morgan fingerprint density at radius 2 is 1.74 bits per heavy atom. The van der Waals surface area contributed by atoms with Crippen molar-refractivity contribution < 1.29 is 27.8 Å². The van der Waals surface area contributed by atoms with Crippen LogP contribution in [-0.4, -0.2) is 73.5 Å². The van der Waals surface area contributed by atoms with Crippen molar-refractivity contribution in [1.29, 1.82) is 0 Å². The fourth-order valence-electron chi connectivity index (χ4n) is 5.25. The maximum Gasteiger partial charge on any atom is 0.247 e. The number of rotatable bonds is 10. The number of methoxy groups -OCH3 is 2. The summed E-state index contributed by atoms with van der Waals surface area (Å²) in [4.78, 5) is 37.6. The highest BCUT2D eigenvalue weighted by atomic mass is 19.1. The lowest BCUT2D eigenvalue weighted by Gasteiger charge is -2.35. The van der Waals surface area contributed by atoms with Crippen LogP contribution in [0, 0.1) is 11.6 Å². The van der Waals surface area contributed by atoms with Crippen LogP contribution in [0.5, 0.6) is 11.5 Å². The number of anilines is 2. The van der Waals surface area contributed by atoms with Crippen molar-refractivity contribution in [2.45, 2.75) is 13.3 Å². The molecule has 2 N–H and O–H groups in total. The van der Waals surface area contributed by atoms with Crippen LogP contribution in [0.4, 0.5) is 20.2 Å². The first-order valence-corrected chi connectivity index (χ1v) is 13.9. The molecular weight excluding hydrogens is 556 g/mol. The summed E-state index contributed by atoms with van der Waals surface area (Å²) in [5.74, 6) is -4.07. The van der Waals surface area contributed by atoms with Gasteiger partial charge in [-0.1, -0.05) is 19.6 Å². The molecular formula is C32H33F2N5O4. The number of pyridine rings is 1. The minimum Gasteiger partial charge on any atom is -0.494 e. The molecule has 43 heavy (non-hydrogen) atoms. The molecule has 2 aromatic heterocycles. The van der Waals surface area contributed by atoms with E-state index in [2.05, 4.69) is 38.6 Å². The van der Waals surface area contributed by atoms with E-state index in [0.29, 0.717) is 28.7 Å². The number of carbonyl (C=O) groups is 2. The second-order valence-corrected chi connectivity index (χ2v) is 10.2. The average Bonchev–Trinajstić information content (AvgIpc) is 3.45. The summed E-state index contributed by atoms with van der Waals surface area (Å²) in [5.41, 5.74) is 2.91. The highest BCUT2D eigenvalue weighted by molar-refractivity contribution is 6.11. The summed E-state index contributed by atoms with van der Waals surface area (Å²) in [6.07, 6.45) is 3.17. The minimum absolute atomic E-state index is 0.0199. The Kier molecular flexibility index (Phi) is 8.72. The predicted molar refractivity (Wildman–Crippen MR) is 161 cm³/mol. The highest BCUT2D eigenvalue weighted by Gasteiger charge is 2.27. The second-order valence-electron chi connectivity index (χ2n) is 10.2. The standard InChI is InChI=1S/C32H33F2N5O4/c1-5-28(40)37-23-16-22(39-11-9-38(6-2)10-12-39)8-7-19(23)13-21-14-20-15-24(36-25(20)18-35-21)32(41)29-30(33)26(42-3)17-27(43-4)31(29)34/h5,7-8,14-18,36H,1,6,9-13H2,2-4H3,(H,37,40). The van der Waals surface area contributed by atoms with Crippen LogP contribution in [0.1, 0.15) is 34.2 Å². The zero-order valence-corrected chi connectivity index (χ0v) is 24.3. The number of ketones is 1. The van der Waals surface area contributed by atoms with Crippen molar-refractivity contribution >= 4 is 34.0 Å². The van der Waals surface area contributed by atoms with E-state index in [9.17, 15) is 18.4 Å². The van der Waals surface area contributed by atoms with Crippen LogP contribution in [0.3, 0.4) is 0 Å². The minimum atomic E-state index is -1.12. The van der Waals surface area contributed by atoms with E-state index in [-0.39, 0.29) is 23.1 Å². The molecule has 0 radical (unpaired) electrons. The summed E-state index contributed by atoms with van der Waals surface area (Å²) in [6, 6.07) is 10.3. The van der Waals surface area contributed by atoms with Gasteiger partial charge in [-0.25, -0.2) is 8.78 Å². The molecule has 0 unspecified atom stereocenters. The number of piperazine rings is 1. The molecule has 1 fully saturated rings. The first-order valence-electron chi connectivity index (χ1n) is 13.9. The number of nitrogens with zero attached hydrogens (tertiary/aromatic N) is 3. The van der Waals surface area contributed by atoms with E-state index in [0.717, 1.165) is 50.0 Å². The zero-order chi connectivity index (χ0) is 30.7. The maximum atomic E-state index is 15.0. The number of ether oxygens (including phenoxy) is 2. The number of halogens is 2. The van der Waals surface area contributed by atoms with Gasteiger partial charge < -0.3 is 29.6 Å². The van der Waals surface area contributed by atoms with Crippen molar-refractivity contribution in [3.05, 3.63) is 89.4 Å². The van der Waals surface area contributed by atoms with Crippen LogP contribution in [0.2, 0.25) is 0 Å². The fraction of sp³-hybridized carbons (Fsp3) is 0.281. The second kappa shape index (κ2) is 12.6. The normalized spacial score (nSPS) is 13.7. The van der Waals surface area contributed by atoms with Gasteiger partial charge in [0.25, 0.3) is 0 Å². The molecule has 3 heterocycles. The van der Waals surface area contributed by atoms with Gasteiger partial charge in [-0.15, -0.1) is 0 Å².